The molecular weight excluding hydrogens is 414 g/mol. The van der Waals surface area contributed by atoms with Crippen molar-refractivity contribution in [3.63, 3.8) is 0 Å². The molecule has 3 heterocycles. The Balaban J connectivity index is 1.33. The van der Waals surface area contributed by atoms with Crippen LogP contribution in [0.15, 0.2) is 47.8 Å². The van der Waals surface area contributed by atoms with Gasteiger partial charge in [-0.3, -0.25) is 10.1 Å². The number of aromatic nitrogens is 4. The van der Waals surface area contributed by atoms with Gasteiger partial charge in [-0.05, 0) is 55.0 Å². The Kier molecular flexibility index (Phi) is 4.87. The highest BCUT2D eigenvalue weighted by atomic mass is 32.1. The van der Waals surface area contributed by atoms with Crippen LogP contribution in [0.3, 0.4) is 0 Å². The Morgan fingerprint density at radius 2 is 2.06 bits per heavy atom. The number of methoxy groups -OCH3 is 1. The average Bonchev–Trinajstić information content (AvgIpc) is 3.53. The number of hydrogen-bond donors (Lipinski definition) is 1. The average molecular weight is 433 g/mol. The van der Waals surface area contributed by atoms with Crippen LogP contribution in [0.2, 0.25) is 0 Å². The van der Waals surface area contributed by atoms with Gasteiger partial charge in [-0.15, -0.1) is 16.4 Å². The summed E-state index contributed by atoms with van der Waals surface area (Å²) in [5.74, 6) is 1.33. The minimum atomic E-state index is -0.347. The third-order valence-electron chi connectivity index (χ3n) is 5.14. The van der Waals surface area contributed by atoms with Crippen LogP contribution < -0.4 is 14.8 Å². The Hall–Kier alpha value is -3.72. The molecule has 0 saturated carbocycles. The maximum Gasteiger partial charge on any atom is 0.279 e. The van der Waals surface area contributed by atoms with Gasteiger partial charge in [0.2, 0.25) is 0 Å². The van der Waals surface area contributed by atoms with Crippen LogP contribution in [-0.2, 0) is 6.42 Å². The molecule has 5 rings (SSSR count). The number of nitrogens with one attached hydrogen (secondary N) is 1. The zero-order valence-corrected chi connectivity index (χ0v) is 17.8. The topological polar surface area (TPSA) is 91.2 Å². The lowest BCUT2D eigenvalue weighted by Gasteiger charge is -2.05. The maximum atomic E-state index is 12.8. The quantitative estimate of drug-likeness (QED) is 0.513. The number of amides is 1. The molecule has 1 amide bonds. The first kappa shape index (κ1) is 19.3. The smallest absolute Gasteiger partial charge is 0.279 e. The van der Waals surface area contributed by atoms with Gasteiger partial charge in [0.1, 0.15) is 11.5 Å². The van der Waals surface area contributed by atoms with Gasteiger partial charge >= 0.3 is 0 Å². The highest BCUT2D eigenvalue weighted by Gasteiger charge is 2.19. The van der Waals surface area contributed by atoms with Gasteiger partial charge in [-0.25, -0.2) is 9.67 Å². The fourth-order valence-corrected chi connectivity index (χ4v) is 4.19. The molecule has 1 aliphatic rings. The number of fused-ring (bicyclic) bond motifs is 1. The van der Waals surface area contributed by atoms with E-state index in [2.05, 4.69) is 26.7 Å². The van der Waals surface area contributed by atoms with Crippen molar-refractivity contribution in [2.45, 2.75) is 13.3 Å². The summed E-state index contributed by atoms with van der Waals surface area (Å²) in [6, 6.07) is 13.4. The number of rotatable bonds is 5. The summed E-state index contributed by atoms with van der Waals surface area (Å²) in [7, 11) is 1.61. The Labute approximate surface area is 182 Å². The number of ether oxygens (including phenoxy) is 2. The van der Waals surface area contributed by atoms with Crippen molar-refractivity contribution in [1.82, 2.24) is 20.0 Å². The second kappa shape index (κ2) is 7.84. The molecule has 0 bridgehead atoms. The second-order valence-corrected chi connectivity index (χ2v) is 7.90. The molecule has 0 aliphatic carbocycles. The molecule has 0 radical (unpaired) electrons. The monoisotopic (exact) mass is 433 g/mol. The molecule has 0 atom stereocenters. The molecular formula is C22H19N5O3S. The summed E-state index contributed by atoms with van der Waals surface area (Å²) in [5.41, 5.74) is 4.68. The van der Waals surface area contributed by atoms with Crippen LogP contribution >= 0.6 is 11.3 Å². The van der Waals surface area contributed by atoms with Crippen LogP contribution in [-0.4, -0.2) is 39.6 Å². The van der Waals surface area contributed by atoms with E-state index in [-0.39, 0.29) is 11.6 Å². The number of hydrogen-bond acceptors (Lipinski definition) is 7. The van der Waals surface area contributed by atoms with E-state index in [1.807, 2.05) is 41.8 Å². The molecule has 2 aromatic carbocycles. The zero-order chi connectivity index (χ0) is 21.4. The number of anilines is 1. The van der Waals surface area contributed by atoms with Crippen LogP contribution in [0.25, 0.3) is 16.9 Å². The molecule has 4 aromatic rings. The van der Waals surface area contributed by atoms with E-state index in [1.165, 1.54) is 16.9 Å². The fraction of sp³-hybridized carbons (Fsp3) is 0.182. The first-order valence-corrected chi connectivity index (χ1v) is 10.6. The molecule has 0 unspecified atom stereocenters. The van der Waals surface area contributed by atoms with E-state index < -0.39 is 0 Å². The first-order valence-electron chi connectivity index (χ1n) is 9.72. The van der Waals surface area contributed by atoms with Gasteiger partial charge < -0.3 is 9.47 Å². The SMILES string of the molecule is COc1ccc(-n2nnc(C(=O)Nc3nc(-c4ccc5c(c4)CCO5)cs3)c2C)cc1. The lowest BCUT2D eigenvalue weighted by atomic mass is 10.1. The molecule has 2 aromatic heterocycles. The lowest BCUT2D eigenvalue weighted by molar-refractivity contribution is 0.102. The van der Waals surface area contributed by atoms with Crippen LogP contribution in [0, 0.1) is 6.92 Å². The largest absolute Gasteiger partial charge is 0.497 e. The van der Waals surface area contributed by atoms with Crippen molar-refractivity contribution in [2.24, 2.45) is 0 Å². The predicted octanol–water partition coefficient (Wildman–Crippen LogP) is 3.90. The highest BCUT2D eigenvalue weighted by molar-refractivity contribution is 7.14. The number of benzene rings is 2. The molecule has 0 fully saturated rings. The lowest BCUT2D eigenvalue weighted by Crippen LogP contribution is -2.14. The molecule has 8 nitrogen and oxygen atoms in total. The summed E-state index contributed by atoms with van der Waals surface area (Å²) in [4.78, 5) is 17.3. The van der Waals surface area contributed by atoms with E-state index in [0.717, 1.165) is 34.9 Å². The standard InChI is InChI=1S/C22H19N5O3S/c1-13-20(25-26-27(13)16-4-6-17(29-2)7-5-16)21(28)24-22-23-18(12-31-22)14-3-8-19-15(11-14)9-10-30-19/h3-8,11-12H,9-10H2,1-2H3,(H,23,24,28). The van der Waals surface area contributed by atoms with E-state index >= 15 is 0 Å². The van der Waals surface area contributed by atoms with Gasteiger partial charge in [0.15, 0.2) is 10.8 Å². The van der Waals surface area contributed by atoms with Gasteiger partial charge in [-0.1, -0.05) is 5.21 Å². The summed E-state index contributed by atoms with van der Waals surface area (Å²) < 4.78 is 12.4. The van der Waals surface area contributed by atoms with Crippen molar-refractivity contribution in [3.8, 4) is 28.4 Å². The summed E-state index contributed by atoms with van der Waals surface area (Å²) >= 11 is 1.37. The molecule has 0 saturated heterocycles. The van der Waals surface area contributed by atoms with E-state index in [9.17, 15) is 4.79 Å². The number of thiazole rings is 1. The number of carbonyl (C=O) groups is 1. The zero-order valence-electron chi connectivity index (χ0n) is 17.0. The van der Waals surface area contributed by atoms with Crippen molar-refractivity contribution >= 4 is 22.4 Å². The van der Waals surface area contributed by atoms with Gasteiger partial charge in [-0.2, -0.15) is 0 Å². The predicted molar refractivity (Wildman–Crippen MR) is 117 cm³/mol. The Bertz CT molecular complexity index is 1260. The Morgan fingerprint density at radius 1 is 1.23 bits per heavy atom. The van der Waals surface area contributed by atoms with Gasteiger partial charge in [0.25, 0.3) is 5.91 Å². The van der Waals surface area contributed by atoms with Gasteiger partial charge in [0, 0.05) is 17.4 Å². The van der Waals surface area contributed by atoms with E-state index in [4.69, 9.17) is 9.47 Å². The van der Waals surface area contributed by atoms with Gasteiger partial charge in [0.05, 0.1) is 30.8 Å². The van der Waals surface area contributed by atoms with Crippen molar-refractivity contribution < 1.29 is 14.3 Å². The first-order chi connectivity index (χ1) is 15.1. The normalized spacial score (nSPS) is 12.3. The Morgan fingerprint density at radius 3 is 2.87 bits per heavy atom. The highest BCUT2D eigenvalue weighted by Crippen LogP contribution is 2.32. The van der Waals surface area contributed by atoms with Crippen LogP contribution in [0.4, 0.5) is 5.13 Å². The molecule has 1 aliphatic heterocycles. The third kappa shape index (κ3) is 3.64. The number of nitrogens with zero attached hydrogens (tertiary/aromatic N) is 4. The van der Waals surface area contributed by atoms with Crippen LogP contribution in [0.5, 0.6) is 11.5 Å². The molecule has 31 heavy (non-hydrogen) atoms. The molecule has 0 spiro atoms. The number of carbonyl (C=O) groups excluding carboxylic acids is 1. The molecule has 156 valence electrons. The minimum absolute atomic E-state index is 0.252. The van der Waals surface area contributed by atoms with Crippen molar-refractivity contribution in [3.05, 3.63) is 64.8 Å². The van der Waals surface area contributed by atoms with Crippen LogP contribution in [0.1, 0.15) is 21.7 Å². The third-order valence-corrected chi connectivity index (χ3v) is 5.89. The molecule has 9 heteroatoms. The fourth-order valence-electron chi connectivity index (χ4n) is 3.47. The van der Waals surface area contributed by atoms with E-state index in [0.29, 0.717) is 17.4 Å². The van der Waals surface area contributed by atoms with Crippen molar-refractivity contribution in [2.75, 3.05) is 19.0 Å². The second-order valence-electron chi connectivity index (χ2n) is 7.05. The maximum absolute atomic E-state index is 12.8. The van der Waals surface area contributed by atoms with Crippen molar-refractivity contribution in [1.29, 1.82) is 0 Å². The minimum Gasteiger partial charge on any atom is -0.497 e. The summed E-state index contributed by atoms with van der Waals surface area (Å²) in [6.07, 6.45) is 0.903. The summed E-state index contributed by atoms with van der Waals surface area (Å²) in [5, 5.41) is 13.5. The summed E-state index contributed by atoms with van der Waals surface area (Å²) in [6.45, 7) is 2.52. The van der Waals surface area contributed by atoms with E-state index in [1.54, 1.807) is 18.7 Å². The molecule has 1 N–H and O–H groups in total.